The first kappa shape index (κ1) is 10.4. The van der Waals surface area contributed by atoms with Crippen LogP contribution in [0.3, 0.4) is 0 Å². The fourth-order valence-corrected chi connectivity index (χ4v) is 2.53. The molecule has 0 unspecified atom stereocenters. The molecule has 0 saturated carbocycles. The van der Waals surface area contributed by atoms with Crippen molar-refractivity contribution in [3.8, 4) is 0 Å². The molecular weight excluding hydrogens is 174 g/mol. The summed E-state index contributed by atoms with van der Waals surface area (Å²) >= 11 is 0. The molecule has 3 nitrogen and oxygen atoms in total. The number of nitrogens with zero attached hydrogens (tertiary/aromatic N) is 1. The highest BCUT2D eigenvalue weighted by molar-refractivity contribution is 4.92. The summed E-state index contributed by atoms with van der Waals surface area (Å²) in [6.07, 6.45) is 0.413. The fraction of sp³-hybridized carbons (Fsp3) is 1.00. The predicted octanol–water partition coefficient (Wildman–Crippen LogP) is 0.831. The van der Waals surface area contributed by atoms with Crippen molar-refractivity contribution >= 4 is 0 Å². The van der Waals surface area contributed by atoms with Crippen molar-refractivity contribution < 1.29 is 0 Å². The van der Waals surface area contributed by atoms with Crippen LogP contribution in [0.1, 0.15) is 27.7 Å². The number of rotatable bonds is 0. The summed E-state index contributed by atoms with van der Waals surface area (Å²) < 4.78 is 0. The molecule has 0 aromatic rings. The molecule has 2 aliphatic rings. The van der Waals surface area contributed by atoms with E-state index in [9.17, 15) is 0 Å². The smallest absolute Gasteiger partial charge is 0.114 e. The van der Waals surface area contributed by atoms with Crippen LogP contribution in [0.5, 0.6) is 0 Å². The summed E-state index contributed by atoms with van der Waals surface area (Å²) in [4.78, 5) is 2.53. The molecule has 0 aromatic carbocycles. The molecule has 0 spiro atoms. The maximum atomic E-state index is 3.56. The third-order valence-electron chi connectivity index (χ3n) is 3.18. The Labute approximate surface area is 87.2 Å². The van der Waals surface area contributed by atoms with Crippen molar-refractivity contribution in [2.45, 2.75) is 34.0 Å². The SMILES string of the molecule is CC1(C)CNC2NCC(C)(C)CN2C1. The van der Waals surface area contributed by atoms with Crippen LogP contribution >= 0.6 is 0 Å². The zero-order valence-corrected chi connectivity index (χ0v) is 9.85. The zero-order chi connectivity index (χ0) is 10.4. The Kier molecular flexibility index (Phi) is 2.37. The third-order valence-corrected chi connectivity index (χ3v) is 3.18. The minimum atomic E-state index is 0.408. The van der Waals surface area contributed by atoms with Crippen LogP contribution in [0.2, 0.25) is 0 Å². The van der Waals surface area contributed by atoms with Crippen molar-refractivity contribution in [3.05, 3.63) is 0 Å². The Balaban J connectivity index is 2.04. The standard InChI is InChI=1S/C11H23N3/c1-10(2)5-12-9-13-6-11(3,4)8-14(9)7-10/h9,12-13H,5-8H2,1-4H3. The van der Waals surface area contributed by atoms with Gasteiger partial charge >= 0.3 is 0 Å². The Morgan fingerprint density at radius 1 is 0.929 bits per heavy atom. The van der Waals surface area contributed by atoms with Gasteiger partial charge in [-0.3, -0.25) is 15.5 Å². The third kappa shape index (κ3) is 2.10. The van der Waals surface area contributed by atoms with Crippen molar-refractivity contribution in [1.82, 2.24) is 15.5 Å². The van der Waals surface area contributed by atoms with Crippen LogP contribution in [0, 0.1) is 10.8 Å². The molecule has 0 bridgehead atoms. The summed E-state index contributed by atoms with van der Waals surface area (Å²) in [5.41, 5.74) is 0.817. The average Bonchev–Trinajstić information content (AvgIpc) is 1.99. The minimum Gasteiger partial charge on any atom is -0.289 e. The van der Waals surface area contributed by atoms with Gasteiger partial charge < -0.3 is 0 Å². The van der Waals surface area contributed by atoms with Crippen LogP contribution in [0.25, 0.3) is 0 Å². The van der Waals surface area contributed by atoms with Crippen molar-refractivity contribution in [3.63, 3.8) is 0 Å². The highest BCUT2D eigenvalue weighted by Gasteiger charge is 2.38. The maximum Gasteiger partial charge on any atom is 0.114 e. The normalized spacial score (nSPS) is 32.6. The summed E-state index contributed by atoms with van der Waals surface area (Å²) in [6, 6.07) is 0. The minimum absolute atomic E-state index is 0.408. The number of hydrogen-bond acceptors (Lipinski definition) is 3. The molecular formula is C11H23N3. The van der Waals surface area contributed by atoms with Crippen molar-refractivity contribution in [2.24, 2.45) is 10.8 Å². The molecule has 0 radical (unpaired) electrons. The molecule has 3 heteroatoms. The Hall–Kier alpha value is -0.120. The van der Waals surface area contributed by atoms with E-state index in [0.717, 1.165) is 13.1 Å². The number of hydrogen-bond donors (Lipinski definition) is 2. The van der Waals surface area contributed by atoms with Crippen LogP contribution in [-0.2, 0) is 0 Å². The van der Waals surface area contributed by atoms with E-state index in [1.54, 1.807) is 0 Å². The molecule has 0 atom stereocenters. The lowest BCUT2D eigenvalue weighted by Gasteiger charge is -2.51. The topological polar surface area (TPSA) is 27.3 Å². The van der Waals surface area contributed by atoms with E-state index in [1.165, 1.54) is 13.1 Å². The summed E-state index contributed by atoms with van der Waals surface area (Å²) in [5, 5.41) is 7.13. The van der Waals surface area contributed by atoms with Gasteiger partial charge in [-0.15, -0.1) is 0 Å². The van der Waals surface area contributed by atoms with E-state index < -0.39 is 0 Å². The van der Waals surface area contributed by atoms with Crippen LogP contribution < -0.4 is 10.6 Å². The molecule has 0 aliphatic carbocycles. The average molecular weight is 197 g/mol. The van der Waals surface area contributed by atoms with Gasteiger partial charge in [0.25, 0.3) is 0 Å². The second-order valence-corrected chi connectivity index (χ2v) is 6.40. The zero-order valence-electron chi connectivity index (χ0n) is 9.85. The highest BCUT2D eigenvalue weighted by Crippen LogP contribution is 2.27. The van der Waals surface area contributed by atoms with Gasteiger partial charge in [0.15, 0.2) is 0 Å². The van der Waals surface area contributed by atoms with E-state index in [1.807, 2.05) is 0 Å². The summed E-state index contributed by atoms with van der Waals surface area (Å²) in [5.74, 6) is 0. The van der Waals surface area contributed by atoms with Gasteiger partial charge in [-0.2, -0.15) is 0 Å². The van der Waals surface area contributed by atoms with Crippen LogP contribution in [-0.4, -0.2) is 37.4 Å². The fourth-order valence-electron chi connectivity index (χ4n) is 2.53. The largest absolute Gasteiger partial charge is 0.289 e. The molecule has 2 saturated heterocycles. The van der Waals surface area contributed by atoms with Crippen molar-refractivity contribution in [2.75, 3.05) is 26.2 Å². The molecule has 82 valence electrons. The van der Waals surface area contributed by atoms with Gasteiger partial charge in [-0.05, 0) is 10.8 Å². The molecule has 14 heavy (non-hydrogen) atoms. The van der Waals surface area contributed by atoms with E-state index in [0.29, 0.717) is 17.1 Å². The first-order chi connectivity index (χ1) is 6.38. The lowest BCUT2D eigenvalue weighted by Crippen LogP contribution is -2.69. The molecule has 2 N–H and O–H groups in total. The van der Waals surface area contributed by atoms with Crippen molar-refractivity contribution in [1.29, 1.82) is 0 Å². The second kappa shape index (κ2) is 3.19. The van der Waals surface area contributed by atoms with Gasteiger partial charge in [-0.25, -0.2) is 0 Å². The lowest BCUT2D eigenvalue weighted by molar-refractivity contribution is -0.0247. The van der Waals surface area contributed by atoms with E-state index in [2.05, 4.69) is 43.2 Å². The Bertz CT molecular complexity index is 201. The lowest BCUT2D eigenvalue weighted by atomic mass is 9.86. The Morgan fingerprint density at radius 2 is 1.36 bits per heavy atom. The number of nitrogens with one attached hydrogen (secondary N) is 2. The van der Waals surface area contributed by atoms with Gasteiger partial charge in [0.05, 0.1) is 0 Å². The Morgan fingerprint density at radius 3 is 1.79 bits per heavy atom. The maximum absolute atomic E-state index is 3.56. The van der Waals surface area contributed by atoms with Gasteiger partial charge in [-0.1, -0.05) is 27.7 Å². The quantitative estimate of drug-likeness (QED) is 0.602. The molecule has 0 aromatic heterocycles. The summed E-state index contributed by atoms with van der Waals surface area (Å²) in [6.45, 7) is 13.9. The number of fused-ring (bicyclic) bond motifs is 1. The predicted molar refractivity (Wildman–Crippen MR) is 58.9 cm³/mol. The van der Waals surface area contributed by atoms with Gasteiger partial charge in [0.2, 0.25) is 0 Å². The van der Waals surface area contributed by atoms with Crippen LogP contribution in [0.15, 0.2) is 0 Å². The summed E-state index contributed by atoms with van der Waals surface area (Å²) in [7, 11) is 0. The van der Waals surface area contributed by atoms with E-state index >= 15 is 0 Å². The van der Waals surface area contributed by atoms with Crippen LogP contribution in [0.4, 0.5) is 0 Å². The van der Waals surface area contributed by atoms with Gasteiger partial charge in [0.1, 0.15) is 6.29 Å². The molecule has 2 fully saturated rings. The molecule has 2 aliphatic heterocycles. The molecule has 2 heterocycles. The van der Waals surface area contributed by atoms with Gasteiger partial charge in [0, 0.05) is 26.2 Å². The second-order valence-electron chi connectivity index (χ2n) is 6.40. The van der Waals surface area contributed by atoms with E-state index in [4.69, 9.17) is 0 Å². The first-order valence-corrected chi connectivity index (χ1v) is 5.59. The molecule has 0 amide bonds. The first-order valence-electron chi connectivity index (χ1n) is 5.59. The molecule has 2 rings (SSSR count). The van der Waals surface area contributed by atoms with E-state index in [-0.39, 0.29) is 0 Å². The monoisotopic (exact) mass is 197 g/mol. The highest BCUT2D eigenvalue weighted by atomic mass is 15.4.